The van der Waals surface area contributed by atoms with Gasteiger partial charge in [0.15, 0.2) is 0 Å². The predicted molar refractivity (Wildman–Crippen MR) is 91.3 cm³/mol. The highest BCUT2D eigenvalue weighted by Gasteiger charge is 2.10. The van der Waals surface area contributed by atoms with E-state index in [-0.39, 0.29) is 5.91 Å². The monoisotopic (exact) mass is 296 g/mol. The van der Waals surface area contributed by atoms with Crippen molar-refractivity contribution >= 4 is 16.8 Å². The van der Waals surface area contributed by atoms with Gasteiger partial charge in [-0.25, -0.2) is 0 Å². The molecule has 0 aliphatic heterocycles. The minimum atomic E-state index is 0.0246. The lowest BCUT2D eigenvalue weighted by molar-refractivity contribution is 0.0954. The van der Waals surface area contributed by atoms with Crippen molar-refractivity contribution in [3.05, 3.63) is 46.7 Å². The van der Waals surface area contributed by atoms with Crippen molar-refractivity contribution in [2.75, 3.05) is 6.54 Å². The van der Waals surface area contributed by atoms with Crippen LogP contribution in [0.1, 0.15) is 53.7 Å². The Balaban J connectivity index is 1.64. The third-order valence-electron chi connectivity index (χ3n) is 4.69. The van der Waals surface area contributed by atoms with Gasteiger partial charge in [0.05, 0.1) is 0 Å². The summed E-state index contributed by atoms with van der Waals surface area (Å²) in [5.74, 6) is 0.0246. The fraction of sp³-hybridized carbons (Fsp3) is 0.421. The molecule has 3 rings (SSSR count). The number of aromatic nitrogens is 1. The first-order valence-corrected chi connectivity index (χ1v) is 8.20. The Morgan fingerprint density at radius 1 is 1.27 bits per heavy atom. The molecule has 0 spiro atoms. The highest BCUT2D eigenvalue weighted by atomic mass is 16.1. The zero-order valence-corrected chi connectivity index (χ0v) is 13.5. The molecule has 0 fully saturated rings. The average molecular weight is 296 g/mol. The Morgan fingerprint density at radius 3 is 2.91 bits per heavy atom. The lowest BCUT2D eigenvalue weighted by Gasteiger charge is -2.13. The van der Waals surface area contributed by atoms with E-state index >= 15 is 0 Å². The van der Waals surface area contributed by atoms with Crippen LogP contribution in [0.3, 0.4) is 0 Å². The van der Waals surface area contributed by atoms with E-state index in [1.54, 1.807) is 0 Å². The molecule has 1 heterocycles. The first kappa shape index (κ1) is 14.9. The van der Waals surface area contributed by atoms with Crippen LogP contribution in [0.25, 0.3) is 10.9 Å². The van der Waals surface area contributed by atoms with E-state index in [0.29, 0.717) is 0 Å². The van der Waals surface area contributed by atoms with Crippen LogP contribution < -0.4 is 5.32 Å². The number of hydrogen-bond donors (Lipinski definition) is 2. The Morgan fingerprint density at radius 2 is 2.14 bits per heavy atom. The number of benzene rings is 1. The van der Waals surface area contributed by atoms with Crippen molar-refractivity contribution in [1.29, 1.82) is 0 Å². The van der Waals surface area contributed by atoms with Crippen molar-refractivity contribution in [3.63, 3.8) is 0 Å². The summed E-state index contributed by atoms with van der Waals surface area (Å²) < 4.78 is 0. The molecule has 1 aliphatic carbocycles. The standard InChI is InChI=1S/C19H24N2O/c1-13-14(2)21-18-9-8-16(12-17(13)18)19(22)20-11-10-15-6-4-3-5-7-15/h6,8-9,12,21H,3-5,7,10-11H2,1-2H3,(H,20,22). The lowest BCUT2D eigenvalue weighted by Crippen LogP contribution is -2.24. The summed E-state index contributed by atoms with van der Waals surface area (Å²) in [6.07, 6.45) is 8.33. The molecule has 116 valence electrons. The second-order valence-electron chi connectivity index (χ2n) is 6.25. The third kappa shape index (κ3) is 3.08. The van der Waals surface area contributed by atoms with Gasteiger partial charge in [0.25, 0.3) is 5.91 Å². The molecule has 0 bridgehead atoms. The molecule has 3 nitrogen and oxygen atoms in total. The van der Waals surface area contributed by atoms with Crippen molar-refractivity contribution in [2.45, 2.75) is 46.0 Å². The molecule has 0 unspecified atom stereocenters. The highest BCUT2D eigenvalue weighted by molar-refractivity contribution is 5.99. The summed E-state index contributed by atoms with van der Waals surface area (Å²) in [4.78, 5) is 15.6. The van der Waals surface area contributed by atoms with Crippen LogP contribution >= 0.6 is 0 Å². The summed E-state index contributed by atoms with van der Waals surface area (Å²) in [5.41, 5.74) is 5.72. The normalized spacial score (nSPS) is 14.9. The Hall–Kier alpha value is -2.03. The van der Waals surface area contributed by atoms with Crippen LogP contribution in [0.15, 0.2) is 29.8 Å². The van der Waals surface area contributed by atoms with Gasteiger partial charge in [-0.3, -0.25) is 4.79 Å². The van der Waals surface area contributed by atoms with Crippen LogP contribution in [0.4, 0.5) is 0 Å². The maximum Gasteiger partial charge on any atom is 0.251 e. The number of aromatic amines is 1. The van der Waals surface area contributed by atoms with Crippen molar-refractivity contribution in [3.8, 4) is 0 Å². The van der Waals surface area contributed by atoms with E-state index < -0.39 is 0 Å². The molecule has 0 atom stereocenters. The summed E-state index contributed by atoms with van der Waals surface area (Å²) in [6.45, 7) is 4.88. The molecular formula is C19H24N2O. The van der Waals surface area contributed by atoms with E-state index in [2.05, 4.69) is 30.2 Å². The number of rotatable bonds is 4. The molecule has 1 aromatic heterocycles. The largest absolute Gasteiger partial charge is 0.358 e. The molecule has 0 saturated carbocycles. The van der Waals surface area contributed by atoms with Gasteiger partial charge >= 0.3 is 0 Å². The molecule has 1 amide bonds. The number of H-pyrrole nitrogens is 1. The molecule has 2 aromatic rings. The second kappa shape index (κ2) is 6.39. The Labute approximate surface area is 131 Å². The molecule has 0 radical (unpaired) electrons. The molecule has 2 N–H and O–H groups in total. The van der Waals surface area contributed by atoms with Crippen molar-refractivity contribution in [2.24, 2.45) is 0 Å². The summed E-state index contributed by atoms with van der Waals surface area (Å²) >= 11 is 0. The van der Waals surface area contributed by atoms with E-state index in [4.69, 9.17) is 0 Å². The Kier molecular flexibility index (Phi) is 4.32. The lowest BCUT2D eigenvalue weighted by atomic mass is 9.97. The zero-order chi connectivity index (χ0) is 15.5. The number of aryl methyl sites for hydroxylation is 2. The minimum absolute atomic E-state index is 0.0246. The number of nitrogens with one attached hydrogen (secondary N) is 2. The Bertz CT molecular complexity index is 724. The average Bonchev–Trinajstić information content (AvgIpc) is 2.83. The van der Waals surface area contributed by atoms with Crippen LogP contribution in [-0.4, -0.2) is 17.4 Å². The minimum Gasteiger partial charge on any atom is -0.358 e. The number of carbonyl (C=O) groups excluding carboxylic acids is 1. The molecule has 1 aromatic carbocycles. The van der Waals surface area contributed by atoms with E-state index in [0.717, 1.165) is 35.1 Å². The predicted octanol–water partition coefficient (Wildman–Crippen LogP) is 4.41. The number of fused-ring (bicyclic) bond motifs is 1. The van der Waals surface area contributed by atoms with Crippen molar-refractivity contribution in [1.82, 2.24) is 10.3 Å². The van der Waals surface area contributed by atoms with Gasteiger partial charge in [0, 0.05) is 28.7 Å². The summed E-state index contributed by atoms with van der Waals surface area (Å²) in [6, 6.07) is 5.88. The highest BCUT2D eigenvalue weighted by Crippen LogP contribution is 2.22. The number of hydrogen-bond acceptors (Lipinski definition) is 1. The van der Waals surface area contributed by atoms with Crippen LogP contribution in [-0.2, 0) is 0 Å². The van der Waals surface area contributed by atoms with Gasteiger partial charge in [-0.1, -0.05) is 11.6 Å². The van der Waals surface area contributed by atoms with Gasteiger partial charge in [-0.05, 0) is 69.7 Å². The molecule has 0 saturated heterocycles. The zero-order valence-electron chi connectivity index (χ0n) is 13.5. The fourth-order valence-electron chi connectivity index (χ4n) is 3.17. The van der Waals surface area contributed by atoms with Crippen molar-refractivity contribution < 1.29 is 4.79 Å². The van der Waals surface area contributed by atoms with Gasteiger partial charge in [0.2, 0.25) is 0 Å². The fourth-order valence-corrected chi connectivity index (χ4v) is 3.17. The van der Waals surface area contributed by atoms with E-state index in [9.17, 15) is 4.79 Å². The SMILES string of the molecule is Cc1[nH]c2ccc(C(=O)NCCC3=CCCCC3)cc2c1C. The second-order valence-corrected chi connectivity index (χ2v) is 6.25. The van der Waals surface area contributed by atoms with Gasteiger partial charge in [-0.15, -0.1) is 0 Å². The van der Waals surface area contributed by atoms with Gasteiger partial charge in [0.1, 0.15) is 0 Å². The van der Waals surface area contributed by atoms with Crippen LogP contribution in [0, 0.1) is 13.8 Å². The van der Waals surface area contributed by atoms with Crippen LogP contribution in [0.2, 0.25) is 0 Å². The third-order valence-corrected chi connectivity index (χ3v) is 4.69. The first-order chi connectivity index (χ1) is 10.6. The topological polar surface area (TPSA) is 44.9 Å². The number of allylic oxidation sites excluding steroid dienone is 1. The molecule has 22 heavy (non-hydrogen) atoms. The number of carbonyl (C=O) groups is 1. The van der Waals surface area contributed by atoms with E-state index in [1.165, 1.54) is 36.8 Å². The van der Waals surface area contributed by atoms with Crippen LogP contribution in [0.5, 0.6) is 0 Å². The van der Waals surface area contributed by atoms with Gasteiger partial charge < -0.3 is 10.3 Å². The summed E-state index contributed by atoms with van der Waals surface area (Å²) in [7, 11) is 0. The quantitative estimate of drug-likeness (QED) is 0.807. The first-order valence-electron chi connectivity index (χ1n) is 8.20. The maximum atomic E-state index is 12.3. The van der Waals surface area contributed by atoms with Gasteiger partial charge in [-0.2, -0.15) is 0 Å². The molecule has 3 heteroatoms. The smallest absolute Gasteiger partial charge is 0.251 e. The molecule has 1 aliphatic rings. The van der Waals surface area contributed by atoms with E-state index in [1.807, 2.05) is 18.2 Å². The summed E-state index contributed by atoms with van der Waals surface area (Å²) in [5, 5.41) is 4.19. The molecular weight excluding hydrogens is 272 g/mol. The number of amides is 1. The maximum absolute atomic E-state index is 12.3.